The Morgan fingerprint density at radius 2 is 2.04 bits per heavy atom. The molecule has 23 heavy (non-hydrogen) atoms. The van der Waals surface area contributed by atoms with Gasteiger partial charge < -0.3 is 15.3 Å². The van der Waals surface area contributed by atoms with E-state index in [0.29, 0.717) is 6.54 Å². The average Bonchev–Trinajstić information content (AvgIpc) is 3.02. The molecule has 0 saturated heterocycles. The molecule has 1 aromatic heterocycles. The number of hydrogen-bond acceptors (Lipinski definition) is 3. The Labute approximate surface area is 136 Å². The van der Waals surface area contributed by atoms with Crippen molar-refractivity contribution in [2.75, 3.05) is 13.7 Å². The molecule has 0 saturated carbocycles. The standard InChI is InChI=1S/C17H24N4O2/c1-13(12-22)20(3)17(23)19-14(2)16-9-18-21(11-16)10-15-7-5-4-6-8-15/h4-9,11,13-14,22H,10,12H2,1-3H3,(H,19,23). The molecule has 2 unspecified atom stereocenters. The van der Waals surface area contributed by atoms with E-state index < -0.39 is 0 Å². The topological polar surface area (TPSA) is 70.4 Å². The van der Waals surface area contributed by atoms with Gasteiger partial charge in [0.1, 0.15) is 0 Å². The maximum atomic E-state index is 12.1. The van der Waals surface area contributed by atoms with E-state index in [1.165, 1.54) is 10.5 Å². The van der Waals surface area contributed by atoms with Crippen LogP contribution in [-0.4, -0.2) is 45.5 Å². The molecule has 0 fully saturated rings. The van der Waals surface area contributed by atoms with Gasteiger partial charge in [-0.05, 0) is 19.4 Å². The smallest absolute Gasteiger partial charge is 0.317 e. The van der Waals surface area contributed by atoms with E-state index in [4.69, 9.17) is 5.11 Å². The fourth-order valence-electron chi connectivity index (χ4n) is 2.15. The summed E-state index contributed by atoms with van der Waals surface area (Å²) in [6.07, 6.45) is 3.71. The van der Waals surface area contributed by atoms with Gasteiger partial charge >= 0.3 is 6.03 Å². The van der Waals surface area contributed by atoms with E-state index in [1.54, 1.807) is 20.2 Å². The molecule has 2 N–H and O–H groups in total. The summed E-state index contributed by atoms with van der Waals surface area (Å²) in [7, 11) is 1.67. The minimum atomic E-state index is -0.219. The molecule has 6 heteroatoms. The number of likely N-dealkylation sites (N-methyl/N-ethyl adjacent to an activating group) is 1. The second-order valence-electron chi connectivity index (χ2n) is 5.77. The largest absolute Gasteiger partial charge is 0.394 e. The summed E-state index contributed by atoms with van der Waals surface area (Å²) in [4.78, 5) is 13.6. The Morgan fingerprint density at radius 3 is 2.70 bits per heavy atom. The number of rotatable bonds is 6. The van der Waals surface area contributed by atoms with Crippen LogP contribution < -0.4 is 5.32 Å². The molecule has 0 aliphatic rings. The third-order valence-corrected chi connectivity index (χ3v) is 3.93. The van der Waals surface area contributed by atoms with Crippen LogP contribution in [0.3, 0.4) is 0 Å². The predicted octanol–water partition coefficient (Wildman–Crippen LogP) is 2.01. The van der Waals surface area contributed by atoms with Crippen LogP contribution in [0.15, 0.2) is 42.7 Å². The van der Waals surface area contributed by atoms with Gasteiger partial charge in [0.2, 0.25) is 0 Å². The molecule has 0 spiro atoms. The number of hydrogen-bond donors (Lipinski definition) is 2. The monoisotopic (exact) mass is 316 g/mol. The van der Waals surface area contributed by atoms with Crippen molar-refractivity contribution in [3.05, 3.63) is 53.9 Å². The first-order chi connectivity index (χ1) is 11.0. The number of nitrogens with one attached hydrogen (secondary N) is 1. The Balaban J connectivity index is 1.95. The van der Waals surface area contributed by atoms with Crippen LogP contribution in [0.1, 0.15) is 31.0 Å². The number of aromatic nitrogens is 2. The fourth-order valence-corrected chi connectivity index (χ4v) is 2.15. The van der Waals surface area contributed by atoms with Crippen LogP contribution in [-0.2, 0) is 6.54 Å². The Hall–Kier alpha value is -2.34. The highest BCUT2D eigenvalue weighted by atomic mass is 16.3. The molecule has 124 valence electrons. The summed E-state index contributed by atoms with van der Waals surface area (Å²) < 4.78 is 1.85. The lowest BCUT2D eigenvalue weighted by atomic mass is 10.2. The summed E-state index contributed by atoms with van der Waals surface area (Å²) in [6.45, 7) is 4.34. The van der Waals surface area contributed by atoms with E-state index >= 15 is 0 Å². The average molecular weight is 316 g/mol. The number of nitrogens with zero attached hydrogens (tertiary/aromatic N) is 3. The highest BCUT2D eigenvalue weighted by Crippen LogP contribution is 2.13. The first kappa shape index (κ1) is 17.0. The third-order valence-electron chi connectivity index (χ3n) is 3.93. The maximum absolute atomic E-state index is 12.1. The molecule has 1 aromatic carbocycles. The molecule has 0 aliphatic heterocycles. The zero-order chi connectivity index (χ0) is 16.8. The van der Waals surface area contributed by atoms with Gasteiger partial charge in [-0.25, -0.2) is 4.79 Å². The Kier molecular flexibility index (Phi) is 5.76. The van der Waals surface area contributed by atoms with Crippen molar-refractivity contribution >= 4 is 6.03 Å². The molecule has 0 radical (unpaired) electrons. The van der Waals surface area contributed by atoms with Crippen molar-refractivity contribution in [2.45, 2.75) is 32.5 Å². The summed E-state index contributed by atoms with van der Waals surface area (Å²) in [5, 5.41) is 16.4. The van der Waals surface area contributed by atoms with Gasteiger partial charge in [-0.1, -0.05) is 30.3 Å². The molecule has 0 aliphatic carbocycles. The lowest BCUT2D eigenvalue weighted by Crippen LogP contribution is -2.44. The SMILES string of the molecule is CC(NC(=O)N(C)C(C)CO)c1cnn(Cc2ccccc2)c1. The molecule has 0 bridgehead atoms. The quantitative estimate of drug-likeness (QED) is 0.856. The van der Waals surface area contributed by atoms with Crippen LogP contribution >= 0.6 is 0 Å². The molecule has 2 aromatic rings. The first-order valence-corrected chi connectivity index (χ1v) is 7.71. The second-order valence-corrected chi connectivity index (χ2v) is 5.77. The van der Waals surface area contributed by atoms with Gasteiger partial charge in [0.05, 0.1) is 31.4 Å². The number of amides is 2. The van der Waals surface area contributed by atoms with Crippen molar-refractivity contribution in [3.8, 4) is 0 Å². The molecule has 2 atom stereocenters. The molecule has 2 amide bonds. The lowest BCUT2D eigenvalue weighted by molar-refractivity contribution is 0.155. The van der Waals surface area contributed by atoms with E-state index in [1.807, 2.05) is 36.0 Å². The van der Waals surface area contributed by atoms with Crippen LogP contribution in [0.4, 0.5) is 4.79 Å². The lowest BCUT2D eigenvalue weighted by Gasteiger charge is -2.25. The summed E-state index contributed by atoms with van der Waals surface area (Å²) in [6, 6.07) is 9.51. The molecular formula is C17H24N4O2. The summed E-state index contributed by atoms with van der Waals surface area (Å²) >= 11 is 0. The van der Waals surface area contributed by atoms with Gasteiger partial charge in [0, 0.05) is 18.8 Å². The van der Waals surface area contributed by atoms with Gasteiger partial charge in [0.15, 0.2) is 0 Å². The number of aliphatic hydroxyl groups is 1. The van der Waals surface area contributed by atoms with Crippen molar-refractivity contribution in [1.29, 1.82) is 0 Å². The Bertz CT molecular complexity index is 627. The zero-order valence-corrected chi connectivity index (χ0v) is 13.8. The minimum Gasteiger partial charge on any atom is -0.394 e. The van der Waals surface area contributed by atoms with E-state index in [9.17, 15) is 4.79 Å². The van der Waals surface area contributed by atoms with Crippen molar-refractivity contribution in [2.24, 2.45) is 0 Å². The number of aliphatic hydroxyl groups excluding tert-OH is 1. The van der Waals surface area contributed by atoms with E-state index in [0.717, 1.165) is 5.56 Å². The Morgan fingerprint density at radius 1 is 1.35 bits per heavy atom. The third kappa shape index (κ3) is 4.56. The number of benzene rings is 1. The normalized spacial score (nSPS) is 13.4. The highest BCUT2D eigenvalue weighted by Gasteiger charge is 2.18. The predicted molar refractivity (Wildman–Crippen MR) is 89.0 cm³/mol. The van der Waals surface area contributed by atoms with Gasteiger partial charge in [0.25, 0.3) is 0 Å². The van der Waals surface area contributed by atoms with E-state index in [2.05, 4.69) is 22.5 Å². The summed E-state index contributed by atoms with van der Waals surface area (Å²) in [5.74, 6) is 0. The molecule has 6 nitrogen and oxygen atoms in total. The van der Waals surface area contributed by atoms with Crippen LogP contribution in [0.25, 0.3) is 0 Å². The fraction of sp³-hybridized carbons (Fsp3) is 0.412. The maximum Gasteiger partial charge on any atom is 0.317 e. The van der Waals surface area contributed by atoms with Gasteiger partial charge in [-0.2, -0.15) is 5.10 Å². The highest BCUT2D eigenvalue weighted by molar-refractivity contribution is 5.74. The number of urea groups is 1. The van der Waals surface area contributed by atoms with E-state index in [-0.39, 0.29) is 24.7 Å². The van der Waals surface area contributed by atoms with Crippen molar-refractivity contribution in [3.63, 3.8) is 0 Å². The van der Waals surface area contributed by atoms with Crippen molar-refractivity contribution in [1.82, 2.24) is 20.0 Å². The van der Waals surface area contributed by atoms with Crippen molar-refractivity contribution < 1.29 is 9.90 Å². The molecule has 2 rings (SSSR count). The minimum absolute atomic E-state index is 0.0622. The van der Waals surface area contributed by atoms with Crippen LogP contribution in [0, 0.1) is 0 Å². The number of carbonyl (C=O) groups is 1. The van der Waals surface area contributed by atoms with Crippen LogP contribution in [0.2, 0.25) is 0 Å². The van der Waals surface area contributed by atoms with Crippen LogP contribution in [0.5, 0.6) is 0 Å². The number of carbonyl (C=O) groups excluding carboxylic acids is 1. The van der Waals surface area contributed by atoms with Gasteiger partial charge in [-0.15, -0.1) is 0 Å². The second kappa shape index (κ2) is 7.78. The molecular weight excluding hydrogens is 292 g/mol. The first-order valence-electron chi connectivity index (χ1n) is 7.71. The molecule has 1 heterocycles. The summed E-state index contributed by atoms with van der Waals surface area (Å²) in [5.41, 5.74) is 2.12. The zero-order valence-electron chi connectivity index (χ0n) is 13.8. The van der Waals surface area contributed by atoms with Gasteiger partial charge in [-0.3, -0.25) is 4.68 Å².